The Kier molecular flexibility index (Phi) is 4.41. The molecule has 0 amide bonds. The molecule has 1 N–H and O–H groups in total. The van der Waals surface area contributed by atoms with Crippen LogP contribution in [-0.2, 0) is 6.54 Å². The predicted molar refractivity (Wildman–Crippen MR) is 92.7 cm³/mol. The Morgan fingerprint density at radius 1 is 1.05 bits per heavy atom. The largest absolute Gasteiger partial charge is 0.379 e. The maximum absolute atomic E-state index is 4.40. The monoisotopic (exact) mass is 405 g/mol. The summed E-state index contributed by atoms with van der Waals surface area (Å²) in [5.74, 6) is 0. The van der Waals surface area contributed by atoms with Gasteiger partial charge in [0.05, 0.1) is 12.2 Å². The lowest BCUT2D eigenvalue weighted by molar-refractivity contribution is 1.02. The molecule has 0 radical (unpaired) electrons. The summed E-state index contributed by atoms with van der Waals surface area (Å²) in [5.41, 5.74) is 3.18. The molecule has 3 aromatic rings. The Morgan fingerprint density at radius 2 is 1.86 bits per heavy atom. The van der Waals surface area contributed by atoms with Crippen molar-refractivity contribution in [1.82, 2.24) is 9.55 Å². The van der Waals surface area contributed by atoms with E-state index >= 15 is 0 Å². The lowest BCUT2D eigenvalue weighted by Crippen LogP contribution is -2.03. The van der Waals surface area contributed by atoms with Crippen LogP contribution >= 0.6 is 31.9 Å². The molecular formula is C16H13Br2N3. The van der Waals surface area contributed by atoms with Gasteiger partial charge in [-0.25, -0.2) is 0 Å². The highest BCUT2D eigenvalue weighted by molar-refractivity contribution is 9.11. The highest BCUT2D eigenvalue weighted by Gasteiger charge is 2.03. The molecule has 3 rings (SSSR count). The van der Waals surface area contributed by atoms with Gasteiger partial charge in [0.25, 0.3) is 0 Å². The molecule has 2 aromatic heterocycles. The fourth-order valence-corrected chi connectivity index (χ4v) is 3.17. The summed E-state index contributed by atoms with van der Waals surface area (Å²) in [7, 11) is 0. The third-order valence-electron chi connectivity index (χ3n) is 3.09. The molecule has 0 bridgehead atoms. The van der Waals surface area contributed by atoms with Crippen LogP contribution in [0, 0.1) is 0 Å². The molecule has 0 atom stereocenters. The average molecular weight is 407 g/mol. The first-order chi connectivity index (χ1) is 10.2. The molecule has 0 unspecified atom stereocenters. The molecule has 3 nitrogen and oxygen atoms in total. The van der Waals surface area contributed by atoms with Crippen molar-refractivity contribution in [2.75, 3.05) is 5.32 Å². The summed E-state index contributed by atoms with van der Waals surface area (Å²) in [4.78, 5) is 4.40. The Morgan fingerprint density at radius 3 is 2.62 bits per heavy atom. The molecule has 1 aromatic carbocycles. The smallest absolute Gasteiger partial charge is 0.0737 e. The molecule has 0 saturated carbocycles. The number of pyridine rings is 1. The summed E-state index contributed by atoms with van der Waals surface area (Å²) < 4.78 is 4.04. The number of anilines is 1. The van der Waals surface area contributed by atoms with Gasteiger partial charge in [0.2, 0.25) is 0 Å². The van der Waals surface area contributed by atoms with Crippen molar-refractivity contribution in [2.24, 2.45) is 0 Å². The summed E-state index contributed by atoms with van der Waals surface area (Å²) in [6.45, 7) is 0.670. The first-order valence-corrected chi connectivity index (χ1v) is 8.08. The Balaban J connectivity index is 1.75. The minimum absolute atomic E-state index is 0.670. The molecule has 0 fully saturated rings. The van der Waals surface area contributed by atoms with Crippen molar-refractivity contribution in [3.63, 3.8) is 0 Å². The van der Waals surface area contributed by atoms with E-state index in [4.69, 9.17) is 0 Å². The summed E-state index contributed by atoms with van der Waals surface area (Å²) in [5, 5.41) is 3.40. The van der Waals surface area contributed by atoms with E-state index in [0.717, 1.165) is 26.0 Å². The van der Waals surface area contributed by atoms with Crippen molar-refractivity contribution in [3.8, 4) is 5.69 Å². The first kappa shape index (κ1) is 14.4. The van der Waals surface area contributed by atoms with Gasteiger partial charge in [-0.3, -0.25) is 4.98 Å². The van der Waals surface area contributed by atoms with Crippen LogP contribution < -0.4 is 5.32 Å². The molecule has 5 heteroatoms. The number of rotatable bonds is 4. The van der Waals surface area contributed by atoms with E-state index < -0.39 is 0 Å². The Hall–Kier alpha value is -1.59. The second kappa shape index (κ2) is 6.45. The second-order valence-electron chi connectivity index (χ2n) is 4.58. The van der Waals surface area contributed by atoms with Gasteiger partial charge in [-0.15, -0.1) is 0 Å². The van der Waals surface area contributed by atoms with Gasteiger partial charge in [-0.1, -0.05) is 6.07 Å². The zero-order valence-electron chi connectivity index (χ0n) is 11.1. The topological polar surface area (TPSA) is 29.9 Å². The van der Waals surface area contributed by atoms with Gasteiger partial charge < -0.3 is 9.88 Å². The van der Waals surface area contributed by atoms with E-state index in [9.17, 15) is 0 Å². The highest BCUT2D eigenvalue weighted by Crippen LogP contribution is 2.21. The molecule has 0 saturated heterocycles. The van der Waals surface area contributed by atoms with Crippen molar-refractivity contribution in [1.29, 1.82) is 0 Å². The van der Waals surface area contributed by atoms with Crippen LogP contribution in [0.1, 0.15) is 5.69 Å². The SMILES string of the molecule is Brc1cnc(CNc2cccc(-n3cccc3)c2)c(Br)c1. The molecular weight excluding hydrogens is 394 g/mol. The fraction of sp³-hybridized carbons (Fsp3) is 0.0625. The van der Waals surface area contributed by atoms with E-state index in [1.54, 1.807) is 6.20 Å². The Labute approximate surface area is 140 Å². The molecule has 106 valence electrons. The standard InChI is InChI=1S/C16H13Br2N3/c17-12-8-15(18)16(20-10-12)11-19-13-4-3-5-14(9-13)21-6-1-2-7-21/h1-10,19H,11H2. The highest BCUT2D eigenvalue weighted by atomic mass is 79.9. The van der Waals surface area contributed by atoms with E-state index in [-0.39, 0.29) is 0 Å². The van der Waals surface area contributed by atoms with Crippen LogP contribution in [0.25, 0.3) is 5.69 Å². The normalized spacial score (nSPS) is 10.6. The lowest BCUT2D eigenvalue weighted by Gasteiger charge is -2.10. The van der Waals surface area contributed by atoms with Crippen molar-refractivity contribution < 1.29 is 0 Å². The molecule has 0 aliphatic rings. The number of hydrogen-bond donors (Lipinski definition) is 1. The van der Waals surface area contributed by atoms with Crippen molar-refractivity contribution in [3.05, 3.63) is 75.7 Å². The van der Waals surface area contributed by atoms with Gasteiger partial charge in [0.15, 0.2) is 0 Å². The van der Waals surface area contributed by atoms with Gasteiger partial charge in [0, 0.05) is 38.9 Å². The molecule has 21 heavy (non-hydrogen) atoms. The predicted octanol–water partition coefficient (Wildman–Crippen LogP) is 5.01. The summed E-state index contributed by atoms with van der Waals surface area (Å²) >= 11 is 6.94. The quantitative estimate of drug-likeness (QED) is 0.659. The number of benzene rings is 1. The lowest BCUT2D eigenvalue weighted by atomic mass is 10.2. The average Bonchev–Trinajstić information content (AvgIpc) is 3.01. The van der Waals surface area contributed by atoms with Crippen LogP contribution in [0.3, 0.4) is 0 Å². The van der Waals surface area contributed by atoms with Crippen LogP contribution in [0.5, 0.6) is 0 Å². The number of hydrogen-bond acceptors (Lipinski definition) is 2. The summed E-state index contributed by atoms with van der Waals surface area (Å²) in [6.07, 6.45) is 5.87. The van der Waals surface area contributed by atoms with Gasteiger partial charge in [-0.2, -0.15) is 0 Å². The number of aromatic nitrogens is 2. The van der Waals surface area contributed by atoms with Crippen LogP contribution in [0.2, 0.25) is 0 Å². The minimum Gasteiger partial charge on any atom is -0.379 e. The number of nitrogens with zero attached hydrogens (tertiary/aromatic N) is 2. The van der Waals surface area contributed by atoms with E-state index in [1.807, 2.05) is 36.7 Å². The van der Waals surface area contributed by atoms with Gasteiger partial charge in [0.1, 0.15) is 0 Å². The maximum Gasteiger partial charge on any atom is 0.0737 e. The molecule has 0 aliphatic carbocycles. The fourth-order valence-electron chi connectivity index (χ4n) is 2.04. The summed E-state index contributed by atoms with van der Waals surface area (Å²) in [6, 6.07) is 14.3. The molecule has 2 heterocycles. The third-order valence-corrected chi connectivity index (χ3v) is 4.21. The Bertz CT molecular complexity index is 739. The van der Waals surface area contributed by atoms with Gasteiger partial charge in [-0.05, 0) is 68.3 Å². The van der Waals surface area contributed by atoms with Crippen LogP contribution in [0.15, 0.2) is 70.0 Å². The van der Waals surface area contributed by atoms with Crippen molar-refractivity contribution >= 4 is 37.5 Å². The second-order valence-corrected chi connectivity index (χ2v) is 6.35. The van der Waals surface area contributed by atoms with E-state index in [0.29, 0.717) is 6.54 Å². The third kappa shape index (κ3) is 3.54. The van der Waals surface area contributed by atoms with Crippen molar-refractivity contribution in [2.45, 2.75) is 6.54 Å². The van der Waals surface area contributed by atoms with Crippen LogP contribution in [-0.4, -0.2) is 9.55 Å². The minimum atomic E-state index is 0.670. The molecule has 0 aliphatic heterocycles. The number of nitrogens with one attached hydrogen (secondary N) is 1. The first-order valence-electron chi connectivity index (χ1n) is 6.49. The van der Waals surface area contributed by atoms with Gasteiger partial charge >= 0.3 is 0 Å². The zero-order valence-corrected chi connectivity index (χ0v) is 14.3. The zero-order chi connectivity index (χ0) is 14.7. The molecule has 0 spiro atoms. The number of halogens is 2. The maximum atomic E-state index is 4.40. The van der Waals surface area contributed by atoms with E-state index in [1.165, 1.54) is 0 Å². The van der Waals surface area contributed by atoms with E-state index in [2.05, 4.69) is 64.9 Å². The van der Waals surface area contributed by atoms with Crippen LogP contribution in [0.4, 0.5) is 5.69 Å².